The monoisotopic (exact) mass is 402 g/mol. The quantitative estimate of drug-likeness (QED) is 0.508. The van der Waals surface area contributed by atoms with Crippen LogP contribution < -0.4 is 10.1 Å². The highest BCUT2D eigenvalue weighted by molar-refractivity contribution is 5.80. The Morgan fingerprint density at radius 2 is 1.90 bits per heavy atom. The number of methoxy groups -OCH3 is 1. The first-order chi connectivity index (χ1) is 14.2. The lowest BCUT2D eigenvalue weighted by atomic mass is 9.82. The van der Waals surface area contributed by atoms with Crippen molar-refractivity contribution in [2.75, 3.05) is 60.6 Å². The zero-order chi connectivity index (χ0) is 20.5. The maximum absolute atomic E-state index is 5.94. The lowest BCUT2D eigenvalue weighted by molar-refractivity contribution is 0.150. The Morgan fingerprint density at radius 3 is 2.59 bits per heavy atom. The summed E-state index contributed by atoms with van der Waals surface area (Å²) in [5, 5.41) is 3.56. The average molecular weight is 403 g/mol. The number of nitrogens with one attached hydrogen (secondary N) is 1. The average Bonchev–Trinajstić information content (AvgIpc) is 3.17. The molecule has 2 atom stereocenters. The normalized spacial score (nSPS) is 22.1. The number of hydrogen-bond donors (Lipinski definition) is 1. The van der Waals surface area contributed by atoms with Crippen LogP contribution in [0.15, 0.2) is 29.3 Å². The van der Waals surface area contributed by atoms with Crippen LogP contribution in [0.1, 0.15) is 31.2 Å². The molecule has 1 saturated heterocycles. The molecule has 1 aromatic rings. The number of rotatable bonds is 9. The summed E-state index contributed by atoms with van der Waals surface area (Å²) in [5.74, 6) is 3.68. The van der Waals surface area contributed by atoms with Crippen molar-refractivity contribution >= 4 is 5.96 Å². The van der Waals surface area contributed by atoms with Gasteiger partial charge in [-0.3, -0.25) is 4.99 Å². The summed E-state index contributed by atoms with van der Waals surface area (Å²) in [6.45, 7) is 6.31. The second kappa shape index (κ2) is 11.4. The molecule has 2 fully saturated rings. The zero-order valence-corrected chi connectivity index (χ0v) is 18.4. The van der Waals surface area contributed by atoms with Gasteiger partial charge in [-0.25, -0.2) is 0 Å². The van der Waals surface area contributed by atoms with E-state index in [1.54, 1.807) is 7.11 Å². The highest BCUT2D eigenvalue weighted by Gasteiger charge is 2.35. The molecule has 0 bridgehead atoms. The molecule has 1 heterocycles. The molecule has 162 valence electrons. The molecule has 1 aliphatic carbocycles. The van der Waals surface area contributed by atoms with Crippen LogP contribution in [0.4, 0.5) is 0 Å². The number of hydrogen-bond acceptors (Lipinski definition) is 4. The van der Waals surface area contributed by atoms with Gasteiger partial charge >= 0.3 is 0 Å². The summed E-state index contributed by atoms with van der Waals surface area (Å²) in [4.78, 5) is 9.21. The summed E-state index contributed by atoms with van der Waals surface area (Å²) in [6, 6.07) is 8.35. The van der Waals surface area contributed by atoms with Gasteiger partial charge in [0.25, 0.3) is 0 Å². The van der Waals surface area contributed by atoms with E-state index in [1.165, 1.54) is 31.2 Å². The summed E-state index contributed by atoms with van der Waals surface area (Å²) >= 11 is 0. The first-order valence-corrected chi connectivity index (χ1v) is 11.0. The van der Waals surface area contributed by atoms with Gasteiger partial charge in [0.05, 0.1) is 6.61 Å². The lowest BCUT2D eigenvalue weighted by Gasteiger charge is -2.22. The standard InChI is InChI=1S/C23H38N4O2/c1-24-23(27-17-20-8-4-5-9-21(20)18-27)25-16-19-7-6-10-22(15-19)29-14-12-26(2)11-13-28-3/h6-7,10,15,20-21H,4-5,8-9,11-14,16-18H2,1-3H3,(H,24,25). The van der Waals surface area contributed by atoms with E-state index in [-0.39, 0.29) is 0 Å². The maximum Gasteiger partial charge on any atom is 0.193 e. The summed E-state index contributed by atoms with van der Waals surface area (Å²) < 4.78 is 11.1. The van der Waals surface area contributed by atoms with E-state index >= 15 is 0 Å². The third-order valence-corrected chi connectivity index (χ3v) is 6.26. The lowest BCUT2D eigenvalue weighted by Crippen LogP contribution is -2.39. The largest absolute Gasteiger partial charge is 0.492 e. The number of aliphatic imine (C=N–C) groups is 1. The van der Waals surface area contributed by atoms with E-state index in [2.05, 4.69) is 45.4 Å². The van der Waals surface area contributed by atoms with E-state index in [0.29, 0.717) is 6.61 Å². The molecule has 0 spiro atoms. The van der Waals surface area contributed by atoms with Gasteiger partial charge in [-0.1, -0.05) is 25.0 Å². The molecule has 29 heavy (non-hydrogen) atoms. The third kappa shape index (κ3) is 6.61. The number of fused-ring (bicyclic) bond motifs is 1. The Kier molecular flexibility index (Phi) is 8.62. The van der Waals surface area contributed by atoms with Crippen molar-refractivity contribution in [3.8, 4) is 5.75 Å². The number of guanidine groups is 1. The highest BCUT2D eigenvalue weighted by Crippen LogP contribution is 2.35. The number of nitrogens with zero attached hydrogens (tertiary/aromatic N) is 3. The molecular formula is C23H38N4O2. The second-order valence-corrected chi connectivity index (χ2v) is 8.40. The predicted octanol–water partition coefficient (Wildman–Crippen LogP) is 2.84. The number of likely N-dealkylation sites (N-methyl/N-ethyl adjacent to an activating group) is 1. The first-order valence-electron chi connectivity index (χ1n) is 11.0. The molecule has 1 aromatic carbocycles. The third-order valence-electron chi connectivity index (χ3n) is 6.26. The van der Waals surface area contributed by atoms with Crippen molar-refractivity contribution in [1.82, 2.24) is 15.1 Å². The molecule has 2 aliphatic rings. The van der Waals surface area contributed by atoms with E-state index in [1.807, 2.05) is 13.1 Å². The molecule has 0 aromatic heterocycles. The minimum absolute atomic E-state index is 0.676. The summed E-state index contributed by atoms with van der Waals surface area (Å²) in [7, 11) is 5.71. The fourth-order valence-corrected chi connectivity index (χ4v) is 4.52. The van der Waals surface area contributed by atoms with Crippen LogP contribution in [-0.2, 0) is 11.3 Å². The topological polar surface area (TPSA) is 49.3 Å². The SMILES string of the molecule is CN=C(NCc1cccc(OCCN(C)CCOC)c1)N1CC2CCCCC2C1. The van der Waals surface area contributed by atoms with Crippen LogP contribution >= 0.6 is 0 Å². The molecule has 6 nitrogen and oxygen atoms in total. The fourth-order valence-electron chi connectivity index (χ4n) is 4.52. The van der Waals surface area contributed by atoms with Crippen molar-refractivity contribution < 1.29 is 9.47 Å². The van der Waals surface area contributed by atoms with Gasteiger partial charge in [-0.05, 0) is 49.4 Å². The minimum atomic E-state index is 0.676. The van der Waals surface area contributed by atoms with E-state index in [0.717, 1.165) is 62.9 Å². The Hall–Kier alpha value is -1.79. The Morgan fingerprint density at radius 1 is 1.17 bits per heavy atom. The fraction of sp³-hybridized carbons (Fsp3) is 0.696. The Balaban J connectivity index is 1.44. The van der Waals surface area contributed by atoms with E-state index < -0.39 is 0 Å². The molecule has 0 amide bonds. The van der Waals surface area contributed by atoms with Gasteiger partial charge in [0, 0.05) is 46.9 Å². The number of likely N-dealkylation sites (tertiary alicyclic amines) is 1. The zero-order valence-electron chi connectivity index (χ0n) is 18.4. The van der Waals surface area contributed by atoms with Crippen LogP contribution in [0.25, 0.3) is 0 Å². The van der Waals surface area contributed by atoms with Crippen molar-refractivity contribution in [1.29, 1.82) is 0 Å². The van der Waals surface area contributed by atoms with Gasteiger partial charge in [-0.2, -0.15) is 0 Å². The van der Waals surface area contributed by atoms with Crippen molar-refractivity contribution in [3.63, 3.8) is 0 Å². The van der Waals surface area contributed by atoms with Crippen molar-refractivity contribution in [2.45, 2.75) is 32.2 Å². The van der Waals surface area contributed by atoms with Crippen LogP contribution in [0.3, 0.4) is 0 Å². The predicted molar refractivity (Wildman–Crippen MR) is 119 cm³/mol. The Labute approximate surface area is 176 Å². The van der Waals surface area contributed by atoms with Gasteiger partial charge < -0.3 is 24.6 Å². The maximum atomic E-state index is 5.94. The van der Waals surface area contributed by atoms with Crippen LogP contribution in [0.2, 0.25) is 0 Å². The summed E-state index contributed by atoms with van der Waals surface area (Å²) in [5.41, 5.74) is 1.22. The van der Waals surface area contributed by atoms with E-state index in [9.17, 15) is 0 Å². The minimum Gasteiger partial charge on any atom is -0.492 e. The van der Waals surface area contributed by atoms with Crippen molar-refractivity contribution in [2.24, 2.45) is 16.8 Å². The number of benzene rings is 1. The van der Waals surface area contributed by atoms with Gasteiger partial charge in [0.15, 0.2) is 5.96 Å². The molecule has 2 unspecified atom stereocenters. The van der Waals surface area contributed by atoms with Crippen LogP contribution in [0, 0.1) is 11.8 Å². The second-order valence-electron chi connectivity index (χ2n) is 8.40. The number of ether oxygens (including phenoxy) is 2. The van der Waals surface area contributed by atoms with Gasteiger partial charge in [-0.15, -0.1) is 0 Å². The molecule has 1 saturated carbocycles. The van der Waals surface area contributed by atoms with Crippen LogP contribution in [0.5, 0.6) is 5.75 Å². The molecule has 1 N–H and O–H groups in total. The highest BCUT2D eigenvalue weighted by atomic mass is 16.5. The van der Waals surface area contributed by atoms with Crippen molar-refractivity contribution in [3.05, 3.63) is 29.8 Å². The summed E-state index contributed by atoms with van der Waals surface area (Å²) in [6.07, 6.45) is 5.57. The molecule has 3 rings (SSSR count). The Bertz CT molecular complexity index is 638. The van der Waals surface area contributed by atoms with Gasteiger partial charge in [0.1, 0.15) is 12.4 Å². The smallest absolute Gasteiger partial charge is 0.193 e. The van der Waals surface area contributed by atoms with E-state index in [4.69, 9.17) is 9.47 Å². The van der Waals surface area contributed by atoms with Crippen LogP contribution in [-0.4, -0.2) is 76.4 Å². The molecule has 6 heteroatoms. The van der Waals surface area contributed by atoms with Gasteiger partial charge in [0.2, 0.25) is 0 Å². The molecule has 1 aliphatic heterocycles. The first kappa shape index (κ1) is 21.9. The molecular weight excluding hydrogens is 364 g/mol. The molecule has 0 radical (unpaired) electrons.